The third kappa shape index (κ3) is 4.40. The van der Waals surface area contributed by atoms with Crippen molar-refractivity contribution in [2.24, 2.45) is 0 Å². The predicted octanol–water partition coefficient (Wildman–Crippen LogP) is 6.40. The first-order valence-corrected chi connectivity index (χ1v) is 8.90. The minimum atomic E-state index is -0.210. The number of rotatable bonds is 3. The van der Waals surface area contributed by atoms with Crippen molar-refractivity contribution < 1.29 is 4.39 Å². The Morgan fingerprint density at radius 3 is 2.50 bits per heavy atom. The van der Waals surface area contributed by atoms with E-state index in [0.29, 0.717) is 12.1 Å². The van der Waals surface area contributed by atoms with Gasteiger partial charge < -0.3 is 4.57 Å². The zero-order valence-electron chi connectivity index (χ0n) is 16.1. The third-order valence-electron chi connectivity index (χ3n) is 4.07. The molecule has 26 heavy (non-hydrogen) atoms. The second-order valence-electron chi connectivity index (χ2n) is 6.31. The van der Waals surface area contributed by atoms with Gasteiger partial charge in [-0.1, -0.05) is 32.0 Å². The van der Waals surface area contributed by atoms with Gasteiger partial charge in [-0.25, -0.2) is 4.39 Å². The van der Waals surface area contributed by atoms with Crippen molar-refractivity contribution in [2.45, 2.75) is 41.2 Å². The Balaban J connectivity index is 0.00000117. The van der Waals surface area contributed by atoms with Gasteiger partial charge >= 0.3 is 0 Å². The first kappa shape index (κ1) is 19.5. The number of nitriles is 1. The fourth-order valence-corrected chi connectivity index (χ4v) is 3.04. The number of aryl methyl sites for hydroxylation is 2. The Labute approximate surface area is 155 Å². The standard InChI is InChI=1S/C21H19FN2.C2H6/c1-14-4-5-20-18(7-16(3)11-23)13-24(21(20)9-14)12-17-6-15(2)8-19(22)10-17;1-2/h4-10,13H,12H2,1-3H3;1-2H3/b16-7-;. The van der Waals surface area contributed by atoms with Crippen molar-refractivity contribution in [3.05, 3.63) is 76.2 Å². The van der Waals surface area contributed by atoms with Crippen molar-refractivity contribution in [1.29, 1.82) is 5.26 Å². The van der Waals surface area contributed by atoms with Crippen LogP contribution < -0.4 is 0 Å². The van der Waals surface area contributed by atoms with Crippen LogP contribution in [0.3, 0.4) is 0 Å². The summed E-state index contributed by atoms with van der Waals surface area (Å²) in [5.41, 5.74) is 5.78. The molecule has 0 spiro atoms. The number of allylic oxidation sites excluding steroid dienone is 1. The van der Waals surface area contributed by atoms with E-state index < -0.39 is 0 Å². The Morgan fingerprint density at radius 1 is 1.12 bits per heavy atom. The van der Waals surface area contributed by atoms with E-state index in [9.17, 15) is 4.39 Å². The molecule has 0 unspecified atom stereocenters. The van der Waals surface area contributed by atoms with Crippen LogP contribution in [0.25, 0.3) is 17.0 Å². The number of hydrogen-bond donors (Lipinski definition) is 0. The van der Waals surface area contributed by atoms with Gasteiger partial charge in [0.15, 0.2) is 0 Å². The molecule has 0 fully saturated rings. The molecule has 0 aliphatic heterocycles. The second-order valence-corrected chi connectivity index (χ2v) is 6.31. The lowest BCUT2D eigenvalue weighted by atomic mass is 10.1. The van der Waals surface area contributed by atoms with Crippen molar-refractivity contribution in [3.63, 3.8) is 0 Å². The molecule has 1 heterocycles. The summed E-state index contributed by atoms with van der Waals surface area (Å²) in [5, 5.41) is 10.1. The topological polar surface area (TPSA) is 28.7 Å². The molecular formula is C23H25FN2. The lowest BCUT2D eigenvalue weighted by molar-refractivity contribution is 0.622. The largest absolute Gasteiger partial charge is 0.342 e. The van der Waals surface area contributed by atoms with Gasteiger partial charge in [0.05, 0.1) is 6.07 Å². The van der Waals surface area contributed by atoms with Crippen LogP contribution in [0.4, 0.5) is 4.39 Å². The van der Waals surface area contributed by atoms with Crippen molar-refractivity contribution in [3.8, 4) is 6.07 Å². The minimum absolute atomic E-state index is 0.210. The maximum Gasteiger partial charge on any atom is 0.123 e. The zero-order valence-corrected chi connectivity index (χ0v) is 16.1. The van der Waals surface area contributed by atoms with Gasteiger partial charge in [-0.2, -0.15) is 5.26 Å². The smallest absolute Gasteiger partial charge is 0.123 e. The summed E-state index contributed by atoms with van der Waals surface area (Å²) in [6.07, 6.45) is 3.93. The molecule has 3 rings (SSSR count). The number of aromatic nitrogens is 1. The molecule has 0 saturated heterocycles. The molecule has 0 atom stereocenters. The van der Waals surface area contributed by atoms with E-state index in [1.165, 1.54) is 11.6 Å². The van der Waals surface area contributed by atoms with Crippen LogP contribution in [0.1, 0.15) is 43.0 Å². The molecule has 2 nitrogen and oxygen atoms in total. The van der Waals surface area contributed by atoms with Crippen LogP contribution in [0.5, 0.6) is 0 Å². The maximum atomic E-state index is 13.7. The molecule has 0 aliphatic carbocycles. The molecule has 0 bridgehead atoms. The van der Waals surface area contributed by atoms with Crippen LogP contribution in [-0.2, 0) is 6.54 Å². The fourth-order valence-electron chi connectivity index (χ4n) is 3.04. The third-order valence-corrected chi connectivity index (χ3v) is 4.07. The Kier molecular flexibility index (Phi) is 6.36. The molecule has 0 saturated carbocycles. The predicted molar refractivity (Wildman–Crippen MR) is 108 cm³/mol. The molecule has 0 N–H and O–H groups in total. The SMILES string of the molecule is C/C(C#N)=C/c1cn(Cc2cc(C)cc(F)c2)c2cc(C)ccc12.CC. The van der Waals surface area contributed by atoms with Gasteiger partial charge in [0.25, 0.3) is 0 Å². The summed E-state index contributed by atoms with van der Waals surface area (Å²) < 4.78 is 15.8. The lowest BCUT2D eigenvalue weighted by Crippen LogP contribution is -1.99. The minimum Gasteiger partial charge on any atom is -0.342 e. The van der Waals surface area contributed by atoms with E-state index in [4.69, 9.17) is 5.26 Å². The molecule has 3 heteroatoms. The molecule has 1 aromatic heterocycles. The second kappa shape index (κ2) is 8.49. The lowest BCUT2D eigenvalue weighted by Gasteiger charge is -2.07. The fraction of sp³-hybridized carbons (Fsp3) is 0.261. The first-order valence-electron chi connectivity index (χ1n) is 8.90. The monoisotopic (exact) mass is 348 g/mol. The van der Waals surface area contributed by atoms with E-state index in [-0.39, 0.29) is 5.82 Å². The van der Waals surface area contributed by atoms with E-state index in [0.717, 1.165) is 27.6 Å². The molecule has 0 aliphatic rings. The Bertz CT molecular complexity index is 967. The summed E-state index contributed by atoms with van der Waals surface area (Å²) in [4.78, 5) is 0. The maximum absolute atomic E-state index is 13.7. The van der Waals surface area contributed by atoms with Gasteiger partial charge in [-0.05, 0) is 61.7 Å². The van der Waals surface area contributed by atoms with Gasteiger partial charge in [0.2, 0.25) is 0 Å². The molecule has 0 radical (unpaired) electrons. The average Bonchev–Trinajstić information content (AvgIpc) is 2.92. The van der Waals surface area contributed by atoms with Crippen LogP contribution in [-0.4, -0.2) is 4.57 Å². The number of benzene rings is 2. The Hall–Kier alpha value is -2.86. The van der Waals surface area contributed by atoms with E-state index in [1.54, 1.807) is 13.0 Å². The van der Waals surface area contributed by atoms with Gasteiger partial charge in [-0.3, -0.25) is 0 Å². The van der Waals surface area contributed by atoms with E-state index >= 15 is 0 Å². The molecule has 134 valence electrons. The number of nitrogens with zero attached hydrogens (tertiary/aromatic N) is 2. The first-order chi connectivity index (χ1) is 12.5. The highest BCUT2D eigenvalue weighted by Crippen LogP contribution is 2.26. The van der Waals surface area contributed by atoms with E-state index in [1.807, 2.05) is 39.1 Å². The molecule has 3 aromatic rings. The van der Waals surface area contributed by atoms with Crippen LogP contribution in [0.2, 0.25) is 0 Å². The molecular weight excluding hydrogens is 323 g/mol. The van der Waals surface area contributed by atoms with Crippen LogP contribution >= 0.6 is 0 Å². The highest BCUT2D eigenvalue weighted by Gasteiger charge is 2.09. The van der Waals surface area contributed by atoms with Crippen molar-refractivity contribution in [1.82, 2.24) is 4.57 Å². The van der Waals surface area contributed by atoms with E-state index in [2.05, 4.69) is 35.8 Å². The van der Waals surface area contributed by atoms with Gasteiger partial charge in [0, 0.05) is 34.8 Å². The van der Waals surface area contributed by atoms with Crippen LogP contribution in [0, 0.1) is 31.0 Å². The summed E-state index contributed by atoms with van der Waals surface area (Å²) in [6, 6.07) is 13.5. The van der Waals surface area contributed by atoms with Gasteiger partial charge in [-0.15, -0.1) is 0 Å². The van der Waals surface area contributed by atoms with Crippen LogP contribution in [0.15, 0.2) is 48.2 Å². The highest BCUT2D eigenvalue weighted by atomic mass is 19.1. The molecule has 2 aromatic carbocycles. The highest BCUT2D eigenvalue weighted by molar-refractivity contribution is 5.90. The zero-order chi connectivity index (χ0) is 19.3. The number of hydrogen-bond acceptors (Lipinski definition) is 1. The number of halogens is 1. The summed E-state index contributed by atoms with van der Waals surface area (Å²) in [6.45, 7) is 10.3. The Morgan fingerprint density at radius 2 is 1.85 bits per heavy atom. The summed E-state index contributed by atoms with van der Waals surface area (Å²) in [5.74, 6) is -0.210. The average molecular weight is 348 g/mol. The summed E-state index contributed by atoms with van der Waals surface area (Å²) in [7, 11) is 0. The quantitative estimate of drug-likeness (QED) is 0.504. The van der Waals surface area contributed by atoms with Crippen molar-refractivity contribution >= 4 is 17.0 Å². The van der Waals surface area contributed by atoms with Crippen molar-refractivity contribution in [2.75, 3.05) is 0 Å². The number of fused-ring (bicyclic) bond motifs is 1. The summed E-state index contributed by atoms with van der Waals surface area (Å²) >= 11 is 0. The normalized spacial score (nSPS) is 11.0. The molecule has 0 amide bonds. The van der Waals surface area contributed by atoms with Gasteiger partial charge in [0.1, 0.15) is 5.82 Å².